The van der Waals surface area contributed by atoms with Crippen LogP contribution in [-0.2, 0) is 6.54 Å². The molecule has 8 heteroatoms. The SMILES string of the molecule is COc1ccc(C(c2nnnn2C2CCCC2)N2CCN(Cc3ccncc3)CC2)cc1. The van der Waals surface area contributed by atoms with Crippen molar-refractivity contribution in [2.24, 2.45) is 0 Å². The summed E-state index contributed by atoms with van der Waals surface area (Å²) in [5, 5.41) is 13.1. The molecule has 0 N–H and O–H groups in total. The minimum absolute atomic E-state index is 0.0413. The summed E-state index contributed by atoms with van der Waals surface area (Å²) in [7, 11) is 1.70. The standard InChI is InChI=1S/C24H31N7O/c1-32-22-8-6-20(7-9-22)23(24-26-27-28-31(24)21-4-2-3-5-21)30-16-14-29(15-17-30)18-19-10-12-25-13-11-19/h6-13,21,23H,2-5,14-18H2,1H3. The summed E-state index contributed by atoms with van der Waals surface area (Å²) < 4.78 is 7.49. The first-order chi connectivity index (χ1) is 15.8. The van der Waals surface area contributed by atoms with Gasteiger partial charge in [0.2, 0.25) is 0 Å². The molecule has 8 nitrogen and oxygen atoms in total. The van der Waals surface area contributed by atoms with Crippen molar-refractivity contribution in [1.29, 1.82) is 0 Å². The van der Waals surface area contributed by atoms with Gasteiger partial charge in [-0.3, -0.25) is 14.8 Å². The molecule has 0 spiro atoms. The van der Waals surface area contributed by atoms with Gasteiger partial charge in [0.25, 0.3) is 0 Å². The van der Waals surface area contributed by atoms with E-state index in [9.17, 15) is 0 Å². The van der Waals surface area contributed by atoms with E-state index in [4.69, 9.17) is 4.74 Å². The number of pyridine rings is 1. The van der Waals surface area contributed by atoms with Gasteiger partial charge in [-0.25, -0.2) is 4.68 Å². The highest BCUT2D eigenvalue weighted by atomic mass is 16.5. The van der Waals surface area contributed by atoms with Crippen LogP contribution >= 0.6 is 0 Å². The van der Waals surface area contributed by atoms with Crippen LogP contribution in [0.4, 0.5) is 0 Å². The van der Waals surface area contributed by atoms with Crippen LogP contribution in [0.5, 0.6) is 5.75 Å². The van der Waals surface area contributed by atoms with Crippen LogP contribution in [-0.4, -0.2) is 68.3 Å². The number of hydrogen-bond acceptors (Lipinski definition) is 7. The molecule has 0 radical (unpaired) electrons. The highest BCUT2D eigenvalue weighted by molar-refractivity contribution is 5.32. The predicted octanol–water partition coefficient (Wildman–Crippen LogP) is 3.10. The molecule has 2 aromatic heterocycles. The number of ether oxygens (including phenoxy) is 1. The summed E-state index contributed by atoms with van der Waals surface area (Å²) in [5.74, 6) is 1.83. The van der Waals surface area contributed by atoms with Crippen LogP contribution < -0.4 is 4.74 Å². The molecule has 1 aliphatic heterocycles. The highest BCUT2D eigenvalue weighted by Crippen LogP contribution is 2.35. The van der Waals surface area contributed by atoms with E-state index < -0.39 is 0 Å². The summed E-state index contributed by atoms with van der Waals surface area (Å²) >= 11 is 0. The van der Waals surface area contributed by atoms with E-state index in [1.165, 1.54) is 24.0 Å². The van der Waals surface area contributed by atoms with Crippen LogP contribution in [0.25, 0.3) is 0 Å². The summed E-state index contributed by atoms with van der Waals surface area (Å²) in [4.78, 5) is 9.17. The normalized spacial score (nSPS) is 19.3. The Balaban J connectivity index is 1.38. The van der Waals surface area contributed by atoms with E-state index in [-0.39, 0.29) is 6.04 Å². The largest absolute Gasteiger partial charge is 0.497 e. The predicted molar refractivity (Wildman–Crippen MR) is 121 cm³/mol. The molecule has 2 fully saturated rings. The molecular formula is C24H31N7O. The lowest BCUT2D eigenvalue weighted by atomic mass is 10.0. The van der Waals surface area contributed by atoms with Gasteiger partial charge in [0, 0.05) is 45.1 Å². The Morgan fingerprint density at radius 1 is 0.969 bits per heavy atom. The first kappa shape index (κ1) is 21.0. The molecule has 1 saturated carbocycles. The number of tetrazole rings is 1. The number of benzene rings is 1. The van der Waals surface area contributed by atoms with Crippen molar-refractivity contribution >= 4 is 0 Å². The van der Waals surface area contributed by atoms with Gasteiger partial charge in [0.1, 0.15) is 5.75 Å². The number of rotatable bonds is 7. The van der Waals surface area contributed by atoms with Gasteiger partial charge in [-0.15, -0.1) is 5.10 Å². The minimum atomic E-state index is 0.0413. The molecule has 2 aliphatic rings. The molecule has 3 heterocycles. The quantitative estimate of drug-likeness (QED) is 0.567. The zero-order valence-corrected chi connectivity index (χ0v) is 18.7. The van der Waals surface area contributed by atoms with Gasteiger partial charge in [0.15, 0.2) is 5.82 Å². The van der Waals surface area contributed by atoms with Crippen LogP contribution in [0, 0.1) is 0 Å². The molecule has 1 saturated heterocycles. The van der Waals surface area contributed by atoms with Gasteiger partial charge < -0.3 is 4.74 Å². The fraction of sp³-hybridized carbons (Fsp3) is 0.500. The average molecular weight is 434 g/mol. The van der Waals surface area contributed by atoms with E-state index in [0.717, 1.165) is 57.1 Å². The third kappa shape index (κ3) is 4.52. The summed E-state index contributed by atoms with van der Waals surface area (Å²) in [6.07, 6.45) is 8.57. The second-order valence-electron chi connectivity index (χ2n) is 8.76. The van der Waals surface area contributed by atoms with E-state index in [2.05, 4.69) is 59.3 Å². The number of aromatic nitrogens is 5. The Kier molecular flexibility index (Phi) is 6.41. The number of hydrogen-bond donors (Lipinski definition) is 0. The Hall–Kier alpha value is -2.84. The van der Waals surface area contributed by atoms with Crippen molar-refractivity contribution in [3.05, 3.63) is 65.7 Å². The Morgan fingerprint density at radius 2 is 1.69 bits per heavy atom. The fourth-order valence-electron chi connectivity index (χ4n) is 5.02. The Labute approximate surface area is 189 Å². The second kappa shape index (κ2) is 9.75. The Morgan fingerprint density at radius 3 is 2.38 bits per heavy atom. The molecule has 5 rings (SSSR count). The lowest BCUT2D eigenvalue weighted by Crippen LogP contribution is -2.48. The van der Waals surface area contributed by atoms with Gasteiger partial charge in [-0.2, -0.15) is 0 Å². The van der Waals surface area contributed by atoms with Crippen molar-refractivity contribution in [1.82, 2.24) is 35.0 Å². The molecule has 0 amide bonds. The lowest BCUT2D eigenvalue weighted by molar-refractivity contribution is 0.0993. The lowest BCUT2D eigenvalue weighted by Gasteiger charge is -2.39. The van der Waals surface area contributed by atoms with Crippen molar-refractivity contribution in [2.75, 3.05) is 33.3 Å². The molecule has 0 bridgehead atoms. The second-order valence-corrected chi connectivity index (χ2v) is 8.76. The molecule has 1 aromatic carbocycles. The maximum Gasteiger partial charge on any atom is 0.173 e. The monoisotopic (exact) mass is 433 g/mol. The third-order valence-electron chi connectivity index (χ3n) is 6.79. The number of methoxy groups -OCH3 is 1. The number of nitrogens with zero attached hydrogens (tertiary/aromatic N) is 7. The van der Waals surface area contributed by atoms with E-state index in [0.29, 0.717) is 6.04 Å². The van der Waals surface area contributed by atoms with E-state index in [1.807, 2.05) is 24.5 Å². The first-order valence-electron chi connectivity index (χ1n) is 11.6. The van der Waals surface area contributed by atoms with Crippen molar-refractivity contribution in [2.45, 2.75) is 44.3 Å². The maximum atomic E-state index is 5.39. The highest BCUT2D eigenvalue weighted by Gasteiger charge is 2.33. The molecule has 1 atom stereocenters. The van der Waals surface area contributed by atoms with Crippen molar-refractivity contribution in [3.63, 3.8) is 0 Å². The molecule has 1 unspecified atom stereocenters. The fourth-order valence-corrected chi connectivity index (χ4v) is 5.02. The Bertz CT molecular complexity index is 977. The first-order valence-corrected chi connectivity index (χ1v) is 11.6. The minimum Gasteiger partial charge on any atom is -0.497 e. The average Bonchev–Trinajstić information content (AvgIpc) is 3.54. The van der Waals surface area contributed by atoms with Crippen LogP contribution in [0.1, 0.15) is 54.7 Å². The molecular weight excluding hydrogens is 402 g/mol. The zero-order valence-electron chi connectivity index (χ0n) is 18.7. The van der Waals surface area contributed by atoms with Crippen LogP contribution in [0.3, 0.4) is 0 Å². The van der Waals surface area contributed by atoms with Crippen LogP contribution in [0.2, 0.25) is 0 Å². The third-order valence-corrected chi connectivity index (χ3v) is 6.79. The van der Waals surface area contributed by atoms with E-state index >= 15 is 0 Å². The van der Waals surface area contributed by atoms with Gasteiger partial charge in [-0.1, -0.05) is 25.0 Å². The zero-order chi connectivity index (χ0) is 21.8. The molecule has 1 aliphatic carbocycles. The van der Waals surface area contributed by atoms with Crippen molar-refractivity contribution in [3.8, 4) is 5.75 Å². The summed E-state index contributed by atoms with van der Waals surface area (Å²) in [6, 6.07) is 13.0. The number of piperazine rings is 1. The topological polar surface area (TPSA) is 72.2 Å². The van der Waals surface area contributed by atoms with Gasteiger partial charge >= 0.3 is 0 Å². The smallest absolute Gasteiger partial charge is 0.173 e. The van der Waals surface area contributed by atoms with Crippen molar-refractivity contribution < 1.29 is 4.74 Å². The van der Waals surface area contributed by atoms with Gasteiger partial charge in [-0.05, 0) is 58.7 Å². The molecule has 32 heavy (non-hydrogen) atoms. The molecule has 3 aromatic rings. The van der Waals surface area contributed by atoms with E-state index in [1.54, 1.807) is 7.11 Å². The van der Waals surface area contributed by atoms with Crippen LogP contribution in [0.15, 0.2) is 48.8 Å². The summed E-state index contributed by atoms with van der Waals surface area (Å²) in [5.41, 5.74) is 2.52. The summed E-state index contributed by atoms with van der Waals surface area (Å²) in [6.45, 7) is 4.93. The molecule has 168 valence electrons. The maximum absolute atomic E-state index is 5.39. The van der Waals surface area contributed by atoms with Gasteiger partial charge in [0.05, 0.1) is 19.2 Å².